The van der Waals surface area contributed by atoms with Gasteiger partial charge in [-0.25, -0.2) is 12.6 Å². The van der Waals surface area contributed by atoms with Gasteiger partial charge in [0, 0.05) is 0 Å². The van der Waals surface area contributed by atoms with Gasteiger partial charge in [-0.1, -0.05) is 12.1 Å². The van der Waals surface area contributed by atoms with Crippen LogP contribution in [0.25, 0.3) is 10.8 Å². The van der Waals surface area contributed by atoms with Gasteiger partial charge in [-0.05, 0) is 35.0 Å². The van der Waals surface area contributed by atoms with Crippen molar-refractivity contribution < 1.29 is 30.4 Å². The van der Waals surface area contributed by atoms with Gasteiger partial charge in [0.05, 0.1) is 30.1 Å². The Morgan fingerprint density at radius 2 is 1.70 bits per heavy atom. The molecule has 2 rings (SSSR count). The highest BCUT2D eigenvalue weighted by atomic mass is 32.3. The maximum absolute atomic E-state index is 12.1. The molecule has 2 aromatic rings. The lowest BCUT2D eigenvalue weighted by Gasteiger charge is -2.07. The number of fused-ring (bicyclic) bond motifs is 1. The van der Waals surface area contributed by atoms with Crippen LogP contribution in [0.15, 0.2) is 41.3 Å². The van der Waals surface area contributed by atoms with E-state index in [1.807, 2.05) is 0 Å². The highest BCUT2D eigenvalue weighted by Gasteiger charge is 2.17. The van der Waals surface area contributed by atoms with E-state index in [-0.39, 0.29) is 4.90 Å². The van der Waals surface area contributed by atoms with Crippen LogP contribution < -0.4 is 5.48 Å². The molecule has 0 aromatic heterocycles. The van der Waals surface area contributed by atoms with Crippen molar-refractivity contribution in [3.05, 3.63) is 36.4 Å². The van der Waals surface area contributed by atoms with E-state index < -0.39 is 32.6 Å². The minimum absolute atomic E-state index is 0.0281. The Morgan fingerprint density at radius 1 is 1.04 bits per heavy atom. The first-order valence-corrected chi connectivity index (χ1v) is 9.36. The Morgan fingerprint density at radius 3 is 2.35 bits per heavy atom. The van der Waals surface area contributed by atoms with Crippen LogP contribution in [0, 0.1) is 0 Å². The fourth-order valence-corrected chi connectivity index (χ4v) is 3.45. The van der Waals surface area contributed by atoms with Crippen LogP contribution in [-0.2, 0) is 29.3 Å². The molecule has 0 bridgehead atoms. The summed E-state index contributed by atoms with van der Waals surface area (Å²) in [6.45, 7) is -0.662. The van der Waals surface area contributed by atoms with Crippen LogP contribution in [0.4, 0.5) is 5.69 Å². The zero-order valence-corrected chi connectivity index (χ0v) is 13.7. The van der Waals surface area contributed by atoms with Crippen LogP contribution in [0.2, 0.25) is 0 Å². The molecule has 0 fully saturated rings. The molecule has 0 aliphatic rings. The third-order valence-corrected chi connectivity index (χ3v) is 5.08. The molecule has 0 saturated heterocycles. The molecular weight excluding hydrogens is 346 g/mol. The molecule has 0 saturated carbocycles. The number of rotatable bonds is 7. The molecule has 2 aromatic carbocycles. The lowest BCUT2D eigenvalue weighted by Crippen LogP contribution is -2.15. The lowest BCUT2D eigenvalue weighted by molar-refractivity contribution is 0.125. The van der Waals surface area contributed by atoms with Gasteiger partial charge in [0.25, 0.3) is 0 Å². The first-order valence-electron chi connectivity index (χ1n) is 6.34. The van der Waals surface area contributed by atoms with Crippen molar-refractivity contribution in [1.82, 2.24) is 5.48 Å². The standard InChI is InChI=1S/C13H14NO7S2/c1-20-14-12-4-2-11-9-13(5-3-10(11)8-12)22(15,16)7-6-21-23(17,18)19/h2-5,8-9H,6-7H2,1H3,(H,17,18,19). The SMILES string of the molecule is CO[N]c1ccc2cc(S(=O)(=O)CCOS(=O)(=O)O)ccc2c1. The van der Waals surface area contributed by atoms with E-state index in [0.717, 1.165) is 5.39 Å². The van der Waals surface area contributed by atoms with Gasteiger partial charge < -0.3 is 0 Å². The summed E-state index contributed by atoms with van der Waals surface area (Å²) >= 11 is 0. The molecule has 1 N–H and O–H groups in total. The molecule has 0 aliphatic heterocycles. The zero-order chi connectivity index (χ0) is 17.1. The fourth-order valence-electron chi connectivity index (χ4n) is 1.93. The van der Waals surface area contributed by atoms with Crippen molar-refractivity contribution in [3.8, 4) is 0 Å². The molecule has 0 unspecified atom stereocenters. The van der Waals surface area contributed by atoms with Gasteiger partial charge in [-0.15, -0.1) is 5.48 Å². The summed E-state index contributed by atoms with van der Waals surface area (Å²) in [5.41, 5.74) is 4.37. The summed E-state index contributed by atoms with van der Waals surface area (Å²) in [6.07, 6.45) is 0. The van der Waals surface area contributed by atoms with Gasteiger partial charge in [0.2, 0.25) is 0 Å². The molecule has 1 radical (unpaired) electrons. The molecule has 0 heterocycles. The van der Waals surface area contributed by atoms with E-state index in [0.29, 0.717) is 11.1 Å². The monoisotopic (exact) mass is 360 g/mol. The Hall–Kier alpha value is -1.72. The number of hydrogen-bond donors (Lipinski definition) is 1. The third kappa shape index (κ3) is 4.88. The van der Waals surface area contributed by atoms with Crippen molar-refractivity contribution in [3.63, 3.8) is 0 Å². The van der Waals surface area contributed by atoms with Crippen molar-refractivity contribution >= 4 is 36.7 Å². The molecule has 0 atom stereocenters. The van der Waals surface area contributed by atoms with Gasteiger partial charge in [-0.2, -0.15) is 8.42 Å². The minimum atomic E-state index is -4.66. The summed E-state index contributed by atoms with van der Waals surface area (Å²) in [6, 6.07) is 9.58. The van der Waals surface area contributed by atoms with Crippen LogP contribution in [-0.4, -0.2) is 40.9 Å². The van der Waals surface area contributed by atoms with Crippen LogP contribution in [0.3, 0.4) is 0 Å². The molecule has 125 valence electrons. The Balaban J connectivity index is 2.23. The van der Waals surface area contributed by atoms with E-state index in [1.54, 1.807) is 24.3 Å². The highest BCUT2D eigenvalue weighted by molar-refractivity contribution is 7.91. The molecule has 23 heavy (non-hydrogen) atoms. The normalized spacial score (nSPS) is 12.4. The number of nitrogens with zero attached hydrogens (tertiary/aromatic N) is 1. The summed E-state index contributed by atoms with van der Waals surface area (Å²) in [4.78, 5) is 4.70. The van der Waals surface area contributed by atoms with Crippen LogP contribution in [0.1, 0.15) is 0 Å². The molecule has 0 aliphatic carbocycles. The zero-order valence-electron chi connectivity index (χ0n) is 12.0. The van der Waals surface area contributed by atoms with Crippen molar-refractivity contribution in [2.75, 3.05) is 19.5 Å². The second kappa shape index (κ2) is 6.81. The first-order chi connectivity index (χ1) is 10.7. The average Bonchev–Trinajstić information content (AvgIpc) is 2.45. The molecular formula is C13H14NO7S2. The number of benzene rings is 2. The number of sulfone groups is 1. The number of hydrogen-bond acceptors (Lipinski definition) is 6. The van der Waals surface area contributed by atoms with E-state index in [2.05, 4.69) is 14.5 Å². The van der Waals surface area contributed by atoms with Crippen molar-refractivity contribution in [2.45, 2.75) is 4.90 Å². The Kier molecular flexibility index (Phi) is 5.22. The highest BCUT2D eigenvalue weighted by Crippen LogP contribution is 2.23. The van der Waals surface area contributed by atoms with E-state index >= 15 is 0 Å². The van der Waals surface area contributed by atoms with Gasteiger partial charge >= 0.3 is 10.4 Å². The summed E-state index contributed by atoms with van der Waals surface area (Å²) in [7, 11) is -6.98. The topological polar surface area (TPSA) is 121 Å². The summed E-state index contributed by atoms with van der Waals surface area (Å²) in [5, 5.41) is 1.45. The van der Waals surface area contributed by atoms with Gasteiger partial charge in [-0.3, -0.25) is 9.39 Å². The van der Waals surface area contributed by atoms with Crippen molar-refractivity contribution in [2.24, 2.45) is 0 Å². The van der Waals surface area contributed by atoms with E-state index in [1.165, 1.54) is 19.2 Å². The second-order valence-corrected chi connectivity index (χ2v) is 7.74. The van der Waals surface area contributed by atoms with Crippen LogP contribution in [0.5, 0.6) is 0 Å². The maximum atomic E-state index is 12.1. The average molecular weight is 360 g/mol. The first kappa shape index (κ1) is 17.6. The fraction of sp³-hybridized carbons (Fsp3) is 0.231. The molecule has 10 heteroatoms. The minimum Gasteiger partial charge on any atom is -0.264 e. The second-order valence-electron chi connectivity index (χ2n) is 4.54. The largest absolute Gasteiger partial charge is 0.397 e. The Labute approximate surface area is 133 Å². The lowest BCUT2D eigenvalue weighted by atomic mass is 10.1. The predicted octanol–water partition coefficient (Wildman–Crippen LogP) is 1.23. The molecule has 8 nitrogen and oxygen atoms in total. The smallest absolute Gasteiger partial charge is 0.264 e. The molecule has 0 amide bonds. The quantitative estimate of drug-likeness (QED) is 0.582. The van der Waals surface area contributed by atoms with Gasteiger partial charge in [0.1, 0.15) is 0 Å². The summed E-state index contributed by atoms with van der Waals surface area (Å²) < 4.78 is 57.6. The predicted molar refractivity (Wildman–Crippen MR) is 82.3 cm³/mol. The molecule has 0 spiro atoms. The van der Waals surface area contributed by atoms with E-state index in [4.69, 9.17) is 4.55 Å². The third-order valence-electron chi connectivity index (χ3n) is 2.94. The Bertz CT molecular complexity index is 907. The van der Waals surface area contributed by atoms with Crippen molar-refractivity contribution in [1.29, 1.82) is 0 Å². The summed E-state index contributed by atoms with van der Waals surface area (Å²) in [5.74, 6) is -0.574. The maximum Gasteiger partial charge on any atom is 0.397 e. The van der Waals surface area contributed by atoms with Gasteiger partial charge in [0.15, 0.2) is 9.84 Å². The van der Waals surface area contributed by atoms with Crippen LogP contribution >= 0.6 is 0 Å². The van der Waals surface area contributed by atoms with E-state index in [9.17, 15) is 16.8 Å².